The molecule has 124 valence electrons. The van der Waals surface area contributed by atoms with Gasteiger partial charge in [-0.1, -0.05) is 32.9 Å². The number of esters is 1. The summed E-state index contributed by atoms with van der Waals surface area (Å²) in [6.45, 7) is 6.12. The molecule has 5 nitrogen and oxygen atoms in total. The van der Waals surface area contributed by atoms with E-state index in [0.717, 1.165) is 16.3 Å². The summed E-state index contributed by atoms with van der Waals surface area (Å²) in [5.74, 6) is -0.0492. The first-order chi connectivity index (χ1) is 10.3. The van der Waals surface area contributed by atoms with Gasteiger partial charge in [0.1, 0.15) is 6.54 Å². The summed E-state index contributed by atoms with van der Waals surface area (Å²) >= 11 is 0. The summed E-state index contributed by atoms with van der Waals surface area (Å²) in [4.78, 5) is 11.6. The zero-order chi connectivity index (χ0) is 16.8. The summed E-state index contributed by atoms with van der Waals surface area (Å²) < 4.78 is 31.0. The summed E-state index contributed by atoms with van der Waals surface area (Å²) in [5, 5.41) is 0. The molecule has 0 fully saturated rings. The van der Waals surface area contributed by atoms with Crippen LogP contribution < -0.4 is 0 Å². The largest absolute Gasteiger partial charge is 0.468 e. The molecule has 6 heteroatoms. The van der Waals surface area contributed by atoms with E-state index in [9.17, 15) is 13.2 Å². The van der Waals surface area contributed by atoms with Crippen molar-refractivity contribution in [2.24, 2.45) is 5.92 Å². The Morgan fingerprint density at radius 2 is 1.82 bits per heavy atom. The highest BCUT2D eigenvalue weighted by Gasteiger charge is 2.26. The van der Waals surface area contributed by atoms with Crippen LogP contribution in [0, 0.1) is 5.92 Å². The van der Waals surface area contributed by atoms with Crippen LogP contribution in [0.4, 0.5) is 0 Å². The van der Waals surface area contributed by atoms with Crippen molar-refractivity contribution in [2.75, 3.05) is 20.2 Å². The summed E-state index contributed by atoms with van der Waals surface area (Å²) in [6.07, 6.45) is 1.53. The second kappa shape index (κ2) is 8.29. The van der Waals surface area contributed by atoms with Crippen molar-refractivity contribution in [3.63, 3.8) is 0 Å². The standard InChI is InChI=1S/C16H25NO4S/c1-5-10-17(12-16(18)21-4)22(19,20)15-8-6-14(7-9-15)11-13(2)3/h6-9,13H,5,10-12H2,1-4H3. The molecule has 22 heavy (non-hydrogen) atoms. The maximum absolute atomic E-state index is 12.6. The van der Waals surface area contributed by atoms with Gasteiger partial charge in [-0.15, -0.1) is 0 Å². The normalized spacial score (nSPS) is 11.9. The molecule has 0 bridgehead atoms. The summed E-state index contributed by atoms with van der Waals surface area (Å²) in [6, 6.07) is 6.87. The number of carbonyl (C=O) groups is 1. The van der Waals surface area contributed by atoms with Gasteiger partial charge in [0.15, 0.2) is 0 Å². The minimum absolute atomic E-state index is 0.206. The molecule has 0 aliphatic heterocycles. The maximum Gasteiger partial charge on any atom is 0.321 e. The van der Waals surface area contributed by atoms with E-state index in [1.54, 1.807) is 12.1 Å². The lowest BCUT2D eigenvalue weighted by atomic mass is 10.0. The third-order valence-electron chi connectivity index (χ3n) is 3.21. The number of nitrogens with zero attached hydrogens (tertiary/aromatic N) is 1. The molecule has 1 aromatic carbocycles. The Hall–Kier alpha value is -1.40. The lowest BCUT2D eigenvalue weighted by molar-refractivity contribution is -0.140. The van der Waals surface area contributed by atoms with Gasteiger partial charge in [-0.2, -0.15) is 4.31 Å². The van der Waals surface area contributed by atoms with Crippen LogP contribution in [0.25, 0.3) is 0 Å². The number of hydrogen-bond acceptors (Lipinski definition) is 4. The molecule has 0 aliphatic carbocycles. The molecule has 0 atom stereocenters. The number of benzene rings is 1. The van der Waals surface area contributed by atoms with Crippen LogP contribution in [0.15, 0.2) is 29.2 Å². The molecule has 0 saturated carbocycles. The molecule has 0 aromatic heterocycles. The van der Waals surface area contributed by atoms with E-state index in [2.05, 4.69) is 18.6 Å². The van der Waals surface area contributed by atoms with Gasteiger partial charge in [-0.05, 0) is 36.5 Å². The third-order valence-corrected chi connectivity index (χ3v) is 5.07. The number of methoxy groups -OCH3 is 1. The van der Waals surface area contributed by atoms with Gasteiger partial charge in [-0.3, -0.25) is 4.79 Å². The van der Waals surface area contributed by atoms with Gasteiger partial charge in [0.25, 0.3) is 0 Å². The molecule has 1 aromatic rings. The molecular formula is C16H25NO4S. The van der Waals surface area contributed by atoms with Crippen molar-refractivity contribution in [1.82, 2.24) is 4.31 Å². The lowest BCUT2D eigenvalue weighted by Crippen LogP contribution is -2.36. The van der Waals surface area contributed by atoms with Crippen LogP contribution in [0.2, 0.25) is 0 Å². The average Bonchev–Trinajstić information content (AvgIpc) is 2.46. The Bertz CT molecular complexity index is 579. The highest BCUT2D eigenvalue weighted by atomic mass is 32.2. The summed E-state index contributed by atoms with van der Waals surface area (Å²) in [7, 11) is -2.43. The van der Waals surface area contributed by atoms with Crippen molar-refractivity contribution in [2.45, 2.75) is 38.5 Å². The van der Waals surface area contributed by atoms with Crippen molar-refractivity contribution in [1.29, 1.82) is 0 Å². The lowest BCUT2D eigenvalue weighted by Gasteiger charge is -2.20. The smallest absolute Gasteiger partial charge is 0.321 e. The van der Waals surface area contributed by atoms with E-state index in [1.165, 1.54) is 7.11 Å². The Labute approximate surface area is 133 Å². The molecule has 0 heterocycles. The van der Waals surface area contributed by atoms with E-state index < -0.39 is 16.0 Å². The Kier molecular flexibility index (Phi) is 7.03. The van der Waals surface area contributed by atoms with E-state index in [1.807, 2.05) is 19.1 Å². The second-order valence-electron chi connectivity index (χ2n) is 5.66. The fourth-order valence-electron chi connectivity index (χ4n) is 2.16. The van der Waals surface area contributed by atoms with Crippen LogP contribution in [0.1, 0.15) is 32.8 Å². The molecule has 1 rings (SSSR count). The Morgan fingerprint density at radius 3 is 2.27 bits per heavy atom. The highest BCUT2D eigenvalue weighted by Crippen LogP contribution is 2.18. The van der Waals surface area contributed by atoms with Gasteiger partial charge >= 0.3 is 5.97 Å². The predicted octanol–water partition coefficient (Wildman–Crippen LogP) is 2.46. The van der Waals surface area contributed by atoms with Gasteiger partial charge in [-0.25, -0.2) is 8.42 Å². The Balaban J connectivity index is 3.00. The first-order valence-corrected chi connectivity index (χ1v) is 8.91. The van der Waals surface area contributed by atoms with Crippen LogP contribution >= 0.6 is 0 Å². The molecule has 0 radical (unpaired) electrons. The first-order valence-electron chi connectivity index (χ1n) is 7.47. The number of hydrogen-bond donors (Lipinski definition) is 0. The van der Waals surface area contributed by atoms with Gasteiger partial charge in [0.05, 0.1) is 12.0 Å². The van der Waals surface area contributed by atoms with E-state index in [4.69, 9.17) is 0 Å². The number of carbonyl (C=O) groups excluding carboxylic acids is 1. The average molecular weight is 327 g/mol. The molecule has 0 N–H and O–H groups in total. The van der Waals surface area contributed by atoms with E-state index >= 15 is 0 Å². The van der Waals surface area contributed by atoms with Crippen LogP contribution in [0.3, 0.4) is 0 Å². The number of sulfonamides is 1. The number of rotatable bonds is 8. The van der Waals surface area contributed by atoms with Crippen LogP contribution in [0.5, 0.6) is 0 Å². The fourth-order valence-corrected chi connectivity index (χ4v) is 3.64. The molecule has 0 spiro atoms. The summed E-state index contributed by atoms with van der Waals surface area (Å²) in [5.41, 5.74) is 1.10. The molecular weight excluding hydrogens is 302 g/mol. The van der Waals surface area contributed by atoms with Crippen LogP contribution in [-0.4, -0.2) is 38.9 Å². The van der Waals surface area contributed by atoms with Gasteiger partial charge in [0, 0.05) is 6.54 Å². The van der Waals surface area contributed by atoms with Crippen molar-refractivity contribution in [3.05, 3.63) is 29.8 Å². The number of ether oxygens (including phenoxy) is 1. The first kappa shape index (κ1) is 18.6. The Morgan fingerprint density at radius 1 is 1.23 bits per heavy atom. The van der Waals surface area contributed by atoms with Gasteiger partial charge in [0.2, 0.25) is 10.0 Å². The SMILES string of the molecule is CCCN(CC(=O)OC)S(=O)(=O)c1ccc(CC(C)C)cc1. The fraction of sp³-hybridized carbons (Fsp3) is 0.562. The van der Waals surface area contributed by atoms with Crippen molar-refractivity contribution >= 4 is 16.0 Å². The van der Waals surface area contributed by atoms with Gasteiger partial charge < -0.3 is 4.74 Å². The van der Waals surface area contributed by atoms with Crippen molar-refractivity contribution < 1.29 is 17.9 Å². The zero-order valence-corrected chi connectivity index (χ0v) is 14.5. The molecule has 0 saturated heterocycles. The monoisotopic (exact) mass is 327 g/mol. The topological polar surface area (TPSA) is 63.7 Å². The molecule has 0 amide bonds. The minimum atomic E-state index is -3.68. The zero-order valence-electron chi connectivity index (χ0n) is 13.7. The van der Waals surface area contributed by atoms with Crippen molar-refractivity contribution in [3.8, 4) is 0 Å². The predicted molar refractivity (Wildman–Crippen MR) is 86.0 cm³/mol. The second-order valence-corrected chi connectivity index (χ2v) is 7.59. The highest BCUT2D eigenvalue weighted by molar-refractivity contribution is 7.89. The molecule has 0 aliphatic rings. The maximum atomic E-state index is 12.6. The minimum Gasteiger partial charge on any atom is -0.468 e. The quantitative estimate of drug-likeness (QED) is 0.688. The van der Waals surface area contributed by atoms with E-state index in [0.29, 0.717) is 12.3 Å². The van der Waals surface area contributed by atoms with Crippen LogP contribution in [-0.2, 0) is 26.0 Å². The van der Waals surface area contributed by atoms with E-state index in [-0.39, 0.29) is 18.0 Å². The molecule has 0 unspecified atom stereocenters. The third kappa shape index (κ3) is 5.10.